The molecule has 0 aliphatic heterocycles. The minimum absolute atomic E-state index is 0.0468. The van der Waals surface area contributed by atoms with E-state index in [0.29, 0.717) is 23.8 Å². The van der Waals surface area contributed by atoms with E-state index in [2.05, 4.69) is 0 Å². The van der Waals surface area contributed by atoms with Crippen LogP contribution in [0.5, 0.6) is 11.6 Å². The lowest BCUT2D eigenvalue weighted by molar-refractivity contribution is 0.103. The van der Waals surface area contributed by atoms with Crippen LogP contribution in [0.1, 0.15) is 40.9 Å². The molecule has 0 aliphatic rings. The fraction of sp³-hybridized carbons (Fsp3) is 0.316. The number of ketones is 1. The lowest BCUT2D eigenvalue weighted by Gasteiger charge is -2.13. The van der Waals surface area contributed by atoms with Gasteiger partial charge in [0.1, 0.15) is 17.4 Å². The first kappa shape index (κ1) is 18.3. The maximum Gasteiger partial charge on any atom is 0.271 e. The number of nitrogens with zero attached hydrogens (tertiary/aromatic N) is 2. The molecule has 6 nitrogen and oxygen atoms in total. The third kappa shape index (κ3) is 3.56. The van der Waals surface area contributed by atoms with Gasteiger partial charge in [-0.25, -0.2) is 0 Å². The lowest BCUT2D eigenvalue weighted by Crippen LogP contribution is -2.24. The number of carbonyl (C=O) groups excluding carboxylic acids is 1. The zero-order chi connectivity index (χ0) is 18.7. The van der Waals surface area contributed by atoms with Crippen molar-refractivity contribution in [3.63, 3.8) is 0 Å². The molecule has 0 aliphatic carbocycles. The first-order valence-electron chi connectivity index (χ1n) is 7.88. The van der Waals surface area contributed by atoms with E-state index in [1.54, 1.807) is 30.3 Å². The Morgan fingerprint density at radius 1 is 1.32 bits per heavy atom. The van der Waals surface area contributed by atoms with Crippen molar-refractivity contribution in [2.24, 2.45) is 13.0 Å². The van der Waals surface area contributed by atoms with E-state index in [4.69, 9.17) is 10.00 Å². The van der Waals surface area contributed by atoms with Crippen LogP contribution in [0.15, 0.2) is 29.1 Å². The molecule has 2 aromatic rings. The van der Waals surface area contributed by atoms with Crippen molar-refractivity contribution in [1.29, 1.82) is 5.26 Å². The summed E-state index contributed by atoms with van der Waals surface area (Å²) in [7, 11) is 1.32. The molecule has 6 heteroatoms. The second-order valence-corrected chi connectivity index (χ2v) is 6.23. The number of nitriles is 1. The number of hydrogen-bond donors (Lipinski definition) is 1. The van der Waals surface area contributed by atoms with E-state index in [0.717, 1.165) is 4.57 Å². The highest BCUT2D eigenvalue weighted by molar-refractivity contribution is 6.11. The van der Waals surface area contributed by atoms with Crippen LogP contribution < -0.4 is 10.3 Å². The largest absolute Gasteiger partial charge is 0.494 e. The van der Waals surface area contributed by atoms with Crippen molar-refractivity contribution in [1.82, 2.24) is 4.57 Å². The highest BCUT2D eigenvalue weighted by Gasteiger charge is 2.23. The van der Waals surface area contributed by atoms with Gasteiger partial charge in [0.15, 0.2) is 5.78 Å². The number of aromatic hydroxyl groups is 1. The van der Waals surface area contributed by atoms with E-state index in [9.17, 15) is 14.7 Å². The van der Waals surface area contributed by atoms with Crippen molar-refractivity contribution in [2.75, 3.05) is 6.61 Å². The summed E-state index contributed by atoms with van der Waals surface area (Å²) < 4.78 is 6.48. The van der Waals surface area contributed by atoms with Gasteiger partial charge in [-0.3, -0.25) is 14.2 Å². The summed E-state index contributed by atoms with van der Waals surface area (Å²) >= 11 is 0. The molecule has 0 saturated carbocycles. The average molecular weight is 340 g/mol. The first-order chi connectivity index (χ1) is 11.8. The van der Waals surface area contributed by atoms with Crippen LogP contribution in [-0.2, 0) is 7.05 Å². The molecule has 0 unspecified atom stereocenters. The number of rotatable bonds is 5. The van der Waals surface area contributed by atoms with Crippen LogP contribution in [0.25, 0.3) is 0 Å². The molecule has 0 atom stereocenters. The number of carbonyl (C=O) groups is 1. The Kier molecular flexibility index (Phi) is 5.28. The predicted octanol–water partition coefficient (Wildman–Crippen LogP) is 2.54. The molecule has 2 rings (SSSR count). The smallest absolute Gasteiger partial charge is 0.271 e. The highest BCUT2D eigenvalue weighted by atomic mass is 16.5. The van der Waals surface area contributed by atoms with Gasteiger partial charge in [-0.2, -0.15) is 5.26 Å². The van der Waals surface area contributed by atoms with Gasteiger partial charge in [-0.05, 0) is 42.7 Å². The van der Waals surface area contributed by atoms with Gasteiger partial charge in [0.2, 0.25) is 5.88 Å². The van der Waals surface area contributed by atoms with Crippen molar-refractivity contribution >= 4 is 5.78 Å². The van der Waals surface area contributed by atoms with Crippen molar-refractivity contribution in [3.05, 3.63) is 56.9 Å². The summed E-state index contributed by atoms with van der Waals surface area (Å²) in [5, 5.41) is 19.4. The molecular formula is C19H20N2O4. The molecule has 0 amide bonds. The Morgan fingerprint density at radius 3 is 2.44 bits per heavy atom. The van der Waals surface area contributed by atoms with Crippen molar-refractivity contribution in [3.8, 4) is 17.7 Å². The number of aromatic nitrogens is 1. The zero-order valence-corrected chi connectivity index (χ0v) is 14.7. The number of benzene rings is 1. The van der Waals surface area contributed by atoms with E-state index >= 15 is 0 Å². The van der Waals surface area contributed by atoms with Crippen LogP contribution in [-0.4, -0.2) is 22.1 Å². The van der Waals surface area contributed by atoms with E-state index in [-0.39, 0.29) is 16.7 Å². The Bertz CT molecular complexity index is 903. The van der Waals surface area contributed by atoms with E-state index in [1.165, 1.54) is 14.0 Å². The van der Waals surface area contributed by atoms with Crippen LogP contribution in [0, 0.1) is 24.2 Å². The Labute approximate surface area is 145 Å². The van der Waals surface area contributed by atoms with Crippen LogP contribution in [0.4, 0.5) is 0 Å². The minimum Gasteiger partial charge on any atom is -0.494 e. The number of pyridine rings is 1. The molecule has 1 heterocycles. The topological polar surface area (TPSA) is 92.3 Å². The van der Waals surface area contributed by atoms with Crippen LogP contribution in [0.3, 0.4) is 0 Å². The molecule has 0 saturated heterocycles. The normalized spacial score (nSPS) is 10.6. The summed E-state index contributed by atoms with van der Waals surface area (Å²) in [6.07, 6.45) is 0. The molecule has 0 radical (unpaired) electrons. The second kappa shape index (κ2) is 7.22. The van der Waals surface area contributed by atoms with Gasteiger partial charge < -0.3 is 9.84 Å². The summed E-state index contributed by atoms with van der Waals surface area (Å²) in [6, 6.07) is 8.33. The maximum absolute atomic E-state index is 12.8. The van der Waals surface area contributed by atoms with Gasteiger partial charge in [-0.1, -0.05) is 13.8 Å². The van der Waals surface area contributed by atoms with Crippen LogP contribution >= 0.6 is 0 Å². The standard InChI is InChI=1S/C19H20N2O4/c1-11(2)10-25-14-7-5-13(6-8-14)17(22)16-12(3)15(9-20)18(23)21(4)19(16)24/h5-8,11,24H,10H2,1-4H3. The van der Waals surface area contributed by atoms with Gasteiger partial charge >= 0.3 is 0 Å². The fourth-order valence-corrected chi connectivity index (χ4v) is 2.40. The molecule has 1 aromatic carbocycles. The van der Waals surface area contributed by atoms with Gasteiger partial charge in [-0.15, -0.1) is 0 Å². The monoisotopic (exact) mass is 340 g/mol. The third-order valence-electron chi connectivity index (χ3n) is 3.85. The molecule has 1 N–H and O–H groups in total. The Morgan fingerprint density at radius 2 is 1.92 bits per heavy atom. The van der Waals surface area contributed by atoms with Crippen molar-refractivity contribution in [2.45, 2.75) is 20.8 Å². The third-order valence-corrected chi connectivity index (χ3v) is 3.85. The van der Waals surface area contributed by atoms with Crippen LogP contribution in [0.2, 0.25) is 0 Å². The van der Waals surface area contributed by atoms with E-state index in [1.807, 2.05) is 13.8 Å². The first-order valence-corrected chi connectivity index (χ1v) is 7.88. The molecule has 1 aromatic heterocycles. The molecule has 0 bridgehead atoms. The Hall–Kier alpha value is -3.07. The lowest BCUT2D eigenvalue weighted by atomic mass is 9.97. The van der Waals surface area contributed by atoms with Gasteiger partial charge in [0.25, 0.3) is 5.56 Å². The summed E-state index contributed by atoms with van der Waals surface area (Å²) in [6.45, 7) is 6.12. The predicted molar refractivity (Wildman–Crippen MR) is 93.0 cm³/mol. The second-order valence-electron chi connectivity index (χ2n) is 6.23. The summed E-state index contributed by atoms with van der Waals surface area (Å²) in [5.41, 5.74) is -0.326. The van der Waals surface area contributed by atoms with E-state index < -0.39 is 17.2 Å². The number of hydrogen-bond acceptors (Lipinski definition) is 5. The molecule has 25 heavy (non-hydrogen) atoms. The molecule has 130 valence electrons. The summed E-state index contributed by atoms with van der Waals surface area (Å²) in [4.78, 5) is 24.7. The quantitative estimate of drug-likeness (QED) is 0.844. The van der Waals surface area contributed by atoms with Gasteiger partial charge in [0, 0.05) is 12.6 Å². The number of ether oxygens (including phenoxy) is 1. The van der Waals surface area contributed by atoms with Crippen molar-refractivity contribution < 1.29 is 14.6 Å². The summed E-state index contributed by atoms with van der Waals surface area (Å²) in [5.74, 6) is 0.115. The SMILES string of the molecule is Cc1c(C(=O)c2ccc(OCC(C)C)cc2)c(O)n(C)c(=O)c1C#N. The highest BCUT2D eigenvalue weighted by Crippen LogP contribution is 2.25. The zero-order valence-electron chi connectivity index (χ0n) is 14.7. The molecule has 0 spiro atoms. The minimum atomic E-state index is -0.633. The Balaban J connectivity index is 2.43. The molecule has 0 fully saturated rings. The molecular weight excluding hydrogens is 320 g/mol. The van der Waals surface area contributed by atoms with Gasteiger partial charge in [0.05, 0.1) is 12.2 Å². The maximum atomic E-state index is 12.8. The average Bonchev–Trinajstić information content (AvgIpc) is 2.59. The fourth-order valence-electron chi connectivity index (χ4n) is 2.40.